The van der Waals surface area contributed by atoms with E-state index in [9.17, 15) is 14.4 Å². The first kappa shape index (κ1) is 27.1. The number of hydrogen-bond donors (Lipinski definition) is 2. The van der Waals surface area contributed by atoms with Crippen molar-refractivity contribution in [2.24, 2.45) is 5.92 Å². The monoisotopic (exact) mass is 492 g/mol. The summed E-state index contributed by atoms with van der Waals surface area (Å²) in [6.07, 6.45) is 7.61. The Morgan fingerprint density at radius 2 is 1.61 bits per heavy atom. The molecule has 2 aliphatic heterocycles. The van der Waals surface area contributed by atoms with Crippen molar-refractivity contribution in [3.05, 3.63) is 77.4 Å². The number of carboxylic acids is 2. The first-order valence-electron chi connectivity index (χ1n) is 12.6. The summed E-state index contributed by atoms with van der Waals surface area (Å²) >= 11 is 0. The number of carboxylic acid groups (broad SMARTS) is 2. The molecule has 7 nitrogen and oxygen atoms in total. The van der Waals surface area contributed by atoms with Crippen molar-refractivity contribution >= 4 is 23.4 Å². The number of anilines is 1. The van der Waals surface area contributed by atoms with Gasteiger partial charge in [-0.25, -0.2) is 9.59 Å². The van der Waals surface area contributed by atoms with Gasteiger partial charge in [0.25, 0.3) is 0 Å². The summed E-state index contributed by atoms with van der Waals surface area (Å²) in [6.45, 7) is 4.44. The van der Waals surface area contributed by atoms with Gasteiger partial charge in [0.05, 0.1) is 0 Å². The van der Waals surface area contributed by atoms with Crippen molar-refractivity contribution in [1.82, 2.24) is 4.90 Å². The fraction of sp³-hybridized carbons (Fsp3) is 0.414. The second-order valence-corrected chi connectivity index (χ2v) is 9.55. The molecule has 2 aromatic rings. The summed E-state index contributed by atoms with van der Waals surface area (Å²) in [5, 5.41) is 15.6. The number of ketones is 1. The number of aryl methyl sites for hydroxylation is 1. The molecule has 2 aromatic carbocycles. The highest BCUT2D eigenvalue weighted by Gasteiger charge is 2.21. The van der Waals surface area contributed by atoms with Gasteiger partial charge in [0.1, 0.15) is 0 Å². The average molecular weight is 493 g/mol. The first-order valence-corrected chi connectivity index (χ1v) is 12.6. The Hall–Kier alpha value is -3.45. The lowest BCUT2D eigenvalue weighted by molar-refractivity contribution is -0.134. The summed E-state index contributed by atoms with van der Waals surface area (Å²) < 4.78 is 0. The zero-order valence-electron chi connectivity index (χ0n) is 20.9. The molecule has 0 saturated carbocycles. The molecule has 1 fully saturated rings. The number of carbonyl (C=O) groups is 3. The van der Waals surface area contributed by atoms with Gasteiger partial charge in [0.15, 0.2) is 5.78 Å². The minimum Gasteiger partial charge on any atom is -0.478 e. The Morgan fingerprint density at radius 1 is 0.944 bits per heavy atom. The summed E-state index contributed by atoms with van der Waals surface area (Å²) in [5.74, 6) is -1.51. The van der Waals surface area contributed by atoms with Crippen LogP contribution >= 0.6 is 0 Å². The third kappa shape index (κ3) is 8.64. The van der Waals surface area contributed by atoms with Crippen LogP contribution in [0.2, 0.25) is 0 Å². The lowest BCUT2D eigenvalue weighted by Gasteiger charge is -2.32. The van der Waals surface area contributed by atoms with Crippen molar-refractivity contribution in [2.45, 2.75) is 45.1 Å². The van der Waals surface area contributed by atoms with Crippen molar-refractivity contribution in [3.8, 4) is 0 Å². The average Bonchev–Trinajstić information content (AvgIpc) is 2.88. The van der Waals surface area contributed by atoms with Crippen LogP contribution in [0.3, 0.4) is 0 Å². The van der Waals surface area contributed by atoms with Crippen LogP contribution in [-0.4, -0.2) is 59.5 Å². The molecule has 4 rings (SSSR count). The van der Waals surface area contributed by atoms with E-state index in [1.165, 1.54) is 36.1 Å². The molecule has 2 N–H and O–H groups in total. The number of likely N-dealkylation sites (tertiary alicyclic amines) is 1. The molecule has 0 radical (unpaired) electrons. The smallest absolute Gasteiger partial charge is 0.328 e. The lowest BCUT2D eigenvalue weighted by Crippen LogP contribution is -2.33. The van der Waals surface area contributed by atoms with Gasteiger partial charge in [-0.15, -0.1) is 0 Å². The minimum absolute atomic E-state index is 0.313. The first-order chi connectivity index (χ1) is 17.3. The Kier molecular flexibility index (Phi) is 10.2. The Bertz CT molecular complexity index is 1040. The minimum atomic E-state index is -1.26. The second kappa shape index (κ2) is 13.6. The van der Waals surface area contributed by atoms with Crippen LogP contribution in [0, 0.1) is 5.92 Å². The molecule has 7 heteroatoms. The number of carbonyl (C=O) groups excluding carboxylic acids is 1. The molecule has 2 aliphatic rings. The zero-order chi connectivity index (χ0) is 25.9. The number of piperidine rings is 1. The van der Waals surface area contributed by atoms with Crippen molar-refractivity contribution in [2.75, 3.05) is 31.6 Å². The normalized spacial score (nSPS) is 16.2. The second-order valence-electron chi connectivity index (χ2n) is 9.55. The van der Waals surface area contributed by atoms with Gasteiger partial charge >= 0.3 is 11.9 Å². The molecular formula is C29H36N2O5. The molecule has 36 heavy (non-hydrogen) atoms. The Labute approximate surface area is 213 Å². The number of fused-ring (bicyclic) bond motifs is 1. The lowest BCUT2D eigenvalue weighted by atomic mass is 9.89. The van der Waals surface area contributed by atoms with Crippen molar-refractivity contribution in [3.63, 3.8) is 0 Å². The number of benzene rings is 2. The quantitative estimate of drug-likeness (QED) is 0.409. The molecule has 1 saturated heterocycles. The molecule has 0 bridgehead atoms. The predicted octanol–water partition coefficient (Wildman–Crippen LogP) is 4.66. The Balaban J connectivity index is 0.000000392. The zero-order valence-corrected chi connectivity index (χ0v) is 20.9. The highest BCUT2D eigenvalue weighted by atomic mass is 16.4. The molecular weight excluding hydrogens is 456 g/mol. The third-order valence-corrected chi connectivity index (χ3v) is 6.86. The molecule has 0 aliphatic carbocycles. The SMILES string of the molecule is CN1CCCc2ccc(C(=O)CCC3CCN(Cc4ccccc4)CC3)cc21.O=C(O)/C=C/C(=O)O. The van der Waals surface area contributed by atoms with Crippen molar-refractivity contribution < 1.29 is 24.6 Å². The molecule has 0 amide bonds. The van der Waals surface area contributed by atoms with E-state index in [0.29, 0.717) is 30.3 Å². The van der Waals surface area contributed by atoms with Crippen LogP contribution in [0.4, 0.5) is 5.69 Å². The van der Waals surface area contributed by atoms with Gasteiger partial charge in [0.2, 0.25) is 0 Å². The van der Waals surface area contributed by atoms with E-state index in [1.54, 1.807) is 0 Å². The van der Waals surface area contributed by atoms with E-state index in [0.717, 1.165) is 44.6 Å². The number of Topliss-reactive ketones (excluding diaryl/α,β-unsaturated/α-hetero) is 1. The summed E-state index contributed by atoms with van der Waals surface area (Å²) in [5.41, 5.74) is 4.94. The van der Waals surface area contributed by atoms with Gasteiger partial charge < -0.3 is 15.1 Å². The number of nitrogens with zero attached hydrogens (tertiary/aromatic N) is 2. The molecule has 0 atom stereocenters. The van der Waals surface area contributed by atoms with Gasteiger partial charge in [-0.05, 0) is 68.3 Å². The maximum Gasteiger partial charge on any atom is 0.328 e. The van der Waals surface area contributed by atoms with E-state index >= 15 is 0 Å². The standard InChI is InChI=1S/C25H32N2O.C4H4O4/c1-26-15-5-8-22-10-11-23(18-24(22)26)25(28)12-9-20-13-16-27(17-14-20)19-21-6-3-2-4-7-21;5-3(6)1-2-4(7)8/h2-4,6-7,10-11,18,20H,5,8-9,12-17,19H2,1H3;1-2H,(H,5,6)(H,7,8)/b;2-1+. The van der Waals surface area contributed by atoms with Gasteiger partial charge in [0, 0.05) is 50.0 Å². The van der Waals surface area contributed by atoms with Crippen LogP contribution in [0.25, 0.3) is 0 Å². The van der Waals surface area contributed by atoms with Crippen LogP contribution in [0.5, 0.6) is 0 Å². The van der Waals surface area contributed by atoms with E-state index in [-0.39, 0.29) is 0 Å². The largest absolute Gasteiger partial charge is 0.478 e. The topological polar surface area (TPSA) is 98.2 Å². The van der Waals surface area contributed by atoms with Crippen LogP contribution in [-0.2, 0) is 22.6 Å². The van der Waals surface area contributed by atoms with Crippen LogP contribution in [0.15, 0.2) is 60.7 Å². The van der Waals surface area contributed by atoms with Crippen LogP contribution < -0.4 is 4.90 Å². The Morgan fingerprint density at radius 3 is 2.25 bits per heavy atom. The summed E-state index contributed by atoms with van der Waals surface area (Å²) in [7, 11) is 2.13. The molecule has 0 unspecified atom stereocenters. The maximum absolute atomic E-state index is 12.8. The highest BCUT2D eigenvalue weighted by molar-refractivity contribution is 5.97. The fourth-order valence-corrected chi connectivity index (χ4v) is 4.83. The van der Waals surface area contributed by atoms with Crippen molar-refractivity contribution in [1.29, 1.82) is 0 Å². The van der Waals surface area contributed by atoms with E-state index in [1.807, 2.05) is 6.07 Å². The van der Waals surface area contributed by atoms with E-state index < -0.39 is 11.9 Å². The number of hydrogen-bond acceptors (Lipinski definition) is 5. The van der Waals surface area contributed by atoms with Gasteiger partial charge in [-0.1, -0.05) is 42.5 Å². The number of aliphatic carboxylic acids is 2. The molecule has 0 aromatic heterocycles. The van der Waals surface area contributed by atoms with Gasteiger partial charge in [-0.3, -0.25) is 9.69 Å². The van der Waals surface area contributed by atoms with Gasteiger partial charge in [-0.2, -0.15) is 0 Å². The van der Waals surface area contributed by atoms with E-state index in [2.05, 4.69) is 59.3 Å². The molecule has 0 spiro atoms. The molecule has 192 valence electrons. The third-order valence-electron chi connectivity index (χ3n) is 6.86. The fourth-order valence-electron chi connectivity index (χ4n) is 4.83. The summed E-state index contributed by atoms with van der Waals surface area (Å²) in [6, 6.07) is 17.1. The number of rotatable bonds is 8. The van der Waals surface area contributed by atoms with E-state index in [4.69, 9.17) is 10.2 Å². The molecule has 2 heterocycles. The predicted molar refractivity (Wildman–Crippen MR) is 140 cm³/mol. The van der Waals surface area contributed by atoms with Crippen LogP contribution in [0.1, 0.15) is 53.6 Å². The highest BCUT2D eigenvalue weighted by Crippen LogP contribution is 2.29. The maximum atomic E-state index is 12.8. The summed E-state index contributed by atoms with van der Waals surface area (Å²) in [4.78, 5) is 36.7.